The number of carbonyl (C=O) groups excluding carboxylic acids is 18. The predicted molar refractivity (Wildman–Crippen MR) is 533 cm³/mol. The third-order valence-corrected chi connectivity index (χ3v) is 29.0. The van der Waals surface area contributed by atoms with Crippen molar-refractivity contribution in [3.05, 3.63) is 36.0 Å². The Morgan fingerprint density at radius 2 is 1.03 bits per heavy atom. The van der Waals surface area contributed by atoms with Crippen molar-refractivity contribution in [3.63, 3.8) is 0 Å². The Balaban J connectivity index is 1.35. The second-order valence-electron chi connectivity index (χ2n) is 43.0. The van der Waals surface area contributed by atoms with Gasteiger partial charge >= 0.3 is 30.0 Å². The zero-order chi connectivity index (χ0) is 109. The molecule has 3 saturated carbocycles. The van der Waals surface area contributed by atoms with E-state index >= 15 is 28.8 Å². The van der Waals surface area contributed by atoms with Gasteiger partial charge in [0.05, 0.1) is 64.8 Å². The van der Waals surface area contributed by atoms with Crippen molar-refractivity contribution in [2.24, 2.45) is 70.0 Å². The summed E-state index contributed by atoms with van der Waals surface area (Å²) in [5.41, 5.74) is -2.41. The lowest BCUT2D eigenvalue weighted by molar-refractivity contribution is -0.214. The average molecular weight is 2040 g/mol. The summed E-state index contributed by atoms with van der Waals surface area (Å²) in [5, 5.41) is 34.8. The van der Waals surface area contributed by atoms with E-state index in [0.717, 1.165) is 20.3 Å². The van der Waals surface area contributed by atoms with Gasteiger partial charge in [0.2, 0.25) is 70.8 Å². The van der Waals surface area contributed by atoms with E-state index in [1.54, 1.807) is 72.8 Å². The number of aliphatic hydroxyl groups excluding tert-OH is 1. The highest BCUT2D eigenvalue weighted by molar-refractivity contribution is 6.02. The molecule has 1 saturated heterocycles. The van der Waals surface area contributed by atoms with Crippen LogP contribution < -0.4 is 21.3 Å². The van der Waals surface area contributed by atoms with Gasteiger partial charge in [-0.1, -0.05) is 154 Å². The number of likely N-dealkylation sites (N-methyl/N-ethyl adjacent to an activating group) is 7. The van der Waals surface area contributed by atoms with Crippen LogP contribution in [-0.4, -0.2) is 337 Å². The van der Waals surface area contributed by atoms with Gasteiger partial charge < -0.3 is 104 Å². The quantitative estimate of drug-likeness (QED) is 0.0111. The molecule has 0 spiro atoms. The largest absolute Gasteiger partial charge is 0.511 e. The number of unbranched alkanes of at least 4 members (excludes halogenated alkanes) is 2. The van der Waals surface area contributed by atoms with Crippen LogP contribution in [0.25, 0.3) is 0 Å². The van der Waals surface area contributed by atoms with Crippen molar-refractivity contribution in [2.75, 3.05) is 102 Å². The lowest BCUT2D eigenvalue weighted by atomic mass is 9.46. The zero-order valence-electron chi connectivity index (χ0n) is 90.8. The van der Waals surface area contributed by atoms with E-state index in [-0.39, 0.29) is 151 Å². The number of nitrogens with one attached hydrogen (secondary N) is 4. The molecule has 0 radical (unpaired) electrons. The van der Waals surface area contributed by atoms with Gasteiger partial charge in [0.1, 0.15) is 85.3 Å². The number of hydrogen-bond acceptors (Lipinski definition) is 28. The first kappa shape index (κ1) is 124. The number of ether oxygens (including phenoxy) is 8. The lowest BCUT2D eigenvalue weighted by Crippen LogP contribution is -2.64. The minimum absolute atomic E-state index is 0.0216. The number of fused-ring (bicyclic) bond motifs is 5. The molecule has 20 atom stereocenters. The Hall–Kier alpha value is -10.3. The summed E-state index contributed by atoms with van der Waals surface area (Å²) in [6.07, 6.45) is 6.27. The zero-order valence-corrected chi connectivity index (χ0v) is 90.8. The molecule has 6 N–H and O–H groups in total. The maximum absolute atomic E-state index is 16.1. The Kier molecular flexibility index (Phi) is 48.8. The summed E-state index contributed by atoms with van der Waals surface area (Å²) < 4.78 is 45.0. The minimum Gasteiger partial charge on any atom is -0.463 e. The number of Topliss-reactive ketones (excluding diaryl/α,β-unsaturated/α-hetero) is 1. The molecule has 814 valence electrons. The average Bonchev–Trinajstić information content (AvgIpc) is 1.52. The first-order valence-electron chi connectivity index (χ1n) is 51.5. The van der Waals surface area contributed by atoms with Crippen LogP contribution in [0.5, 0.6) is 0 Å². The third kappa shape index (κ3) is 33.6. The molecule has 0 aromatic rings. The molecular formula is C105H171N11O28. The number of ketones is 2. The SMILES string of the molecule is CC=CCC(C)C(OC(=O)OC(C)(CCCCC)OC(=O)CCC(=O)OCCOCCOCCOC(=O)CCC(=O)OCC(=O)C1(O)CCC2C3CCC4=CC(=O)C=CC4(C)C3C(O)CC21C)C1C(=O)NC(CC)C(=O)N(C)CC(=O)N(C)C(CC(C)C)C(=O)NC(C(C)C)C(=O)N(C)C(CC(C)C)C(=O)NC(C)C(=O)NC(C)C(=O)N(C)C(CC(C)C)C(=O)N(C)C(CC(C)C)C(=O)N(C)C(C(C)C)C(=O)N1C. The van der Waals surface area contributed by atoms with E-state index in [4.69, 9.17) is 37.9 Å². The fourth-order valence-corrected chi connectivity index (χ4v) is 20.7. The van der Waals surface area contributed by atoms with Gasteiger partial charge in [-0.25, -0.2) is 4.79 Å². The van der Waals surface area contributed by atoms with Gasteiger partial charge in [-0.3, -0.25) is 81.5 Å². The number of allylic oxidation sites excluding steroid dienone is 6. The van der Waals surface area contributed by atoms with Gasteiger partial charge in [-0.2, -0.15) is 0 Å². The third-order valence-electron chi connectivity index (χ3n) is 29.0. The molecule has 5 rings (SSSR count). The fourth-order valence-electron chi connectivity index (χ4n) is 20.7. The number of hydrogen-bond donors (Lipinski definition) is 6. The molecule has 11 amide bonds. The van der Waals surface area contributed by atoms with E-state index in [2.05, 4.69) is 21.3 Å². The van der Waals surface area contributed by atoms with E-state index in [1.807, 2.05) is 82.2 Å². The number of esters is 4. The molecule has 20 unspecified atom stereocenters. The number of amides is 11. The molecular weight excluding hydrogens is 1860 g/mol. The van der Waals surface area contributed by atoms with Gasteiger partial charge in [-0.15, -0.1) is 0 Å². The molecule has 39 nitrogen and oxygen atoms in total. The van der Waals surface area contributed by atoms with E-state index < -0.39 is 246 Å². The molecule has 144 heavy (non-hydrogen) atoms. The van der Waals surface area contributed by atoms with Crippen LogP contribution in [-0.2, 0) is 119 Å². The first-order valence-corrected chi connectivity index (χ1v) is 51.5. The maximum Gasteiger partial charge on any atom is 0.511 e. The standard InChI is InChI=1S/C105H171N11O28/c1-29-32-34-44-104(21,143-85(124)41-40-83(122)140-52-50-138-48-47-137-49-51-139-82(121)38-39-84(123)141-60-80(119)105(136)46-43-73-72-37-36-70-57-71(117)42-45-102(70,19)86(72)79(118)58-103(73,105)20)144-101(135)142-90(67(16)35-33-30-2)89-94(128)108-74(31-3)96(130)110(22)59-81(120)111(23)75(53-61(4)5)93(127)109-87(65(12)13)99(133)112(24)76(54-62(6)7)92(126)106-68(17)91(125)107-69(18)95(129)113(25)77(55-63(8)9)97(131)114(26)78(56-64(10)11)98(132)115(27)88(66(14)15)100(134)116(89)28/h30,33,42,45,57,61-69,72-79,86-90,118,136H,29,31-32,34-41,43-44,46-56,58-60H2,1-28H3,(H,106,126)(H,107,125)(H,108,128)(H,109,127). The number of nitrogens with zero attached hydrogens (tertiary/aromatic N) is 7. The van der Waals surface area contributed by atoms with Crippen LogP contribution in [0.2, 0.25) is 0 Å². The Morgan fingerprint density at radius 3 is 1.56 bits per heavy atom. The highest BCUT2D eigenvalue weighted by Gasteiger charge is 2.68. The van der Waals surface area contributed by atoms with Gasteiger partial charge in [0, 0.05) is 79.4 Å². The number of carbonyl (C=O) groups is 18. The highest BCUT2D eigenvalue weighted by Crippen LogP contribution is 2.67. The smallest absolute Gasteiger partial charge is 0.463 e. The van der Waals surface area contributed by atoms with Gasteiger partial charge in [0.25, 0.3) is 5.79 Å². The van der Waals surface area contributed by atoms with Crippen molar-refractivity contribution < 1.29 is 134 Å². The molecule has 1 heterocycles. The molecule has 4 aliphatic carbocycles. The fraction of sp³-hybridized carbons (Fsp3) is 0.771. The summed E-state index contributed by atoms with van der Waals surface area (Å²) in [5.74, 6) is -18.5. The van der Waals surface area contributed by atoms with Crippen LogP contribution in [0.1, 0.15) is 267 Å². The number of rotatable bonds is 40. The summed E-state index contributed by atoms with van der Waals surface area (Å²) in [7, 11) is 9.50. The van der Waals surface area contributed by atoms with Crippen molar-refractivity contribution in [3.8, 4) is 0 Å². The second kappa shape index (κ2) is 56.6. The molecule has 0 aromatic heterocycles. The molecule has 1 aliphatic heterocycles. The van der Waals surface area contributed by atoms with Gasteiger partial charge in [-0.05, 0) is 163 Å². The summed E-state index contributed by atoms with van der Waals surface area (Å²) in [6.45, 7) is 34.2. The van der Waals surface area contributed by atoms with Crippen molar-refractivity contribution >= 4 is 107 Å². The summed E-state index contributed by atoms with van der Waals surface area (Å²) in [6, 6.07) is -13.8. The summed E-state index contributed by atoms with van der Waals surface area (Å²) in [4.78, 5) is 267. The predicted octanol–water partition coefficient (Wildman–Crippen LogP) is 8.07. The van der Waals surface area contributed by atoms with Crippen LogP contribution in [0.3, 0.4) is 0 Å². The molecule has 5 aliphatic rings. The van der Waals surface area contributed by atoms with E-state index in [0.29, 0.717) is 38.5 Å². The molecule has 0 bridgehead atoms. The van der Waals surface area contributed by atoms with Crippen molar-refractivity contribution in [2.45, 2.75) is 351 Å². The number of aliphatic hydroxyl groups is 2. The Morgan fingerprint density at radius 1 is 0.542 bits per heavy atom. The monoisotopic (exact) mass is 2030 g/mol. The van der Waals surface area contributed by atoms with Crippen LogP contribution in [0.15, 0.2) is 36.0 Å². The van der Waals surface area contributed by atoms with E-state index in [9.17, 15) is 67.7 Å². The van der Waals surface area contributed by atoms with Crippen LogP contribution in [0, 0.1) is 70.0 Å². The highest BCUT2D eigenvalue weighted by atomic mass is 16.8. The second-order valence-corrected chi connectivity index (χ2v) is 43.0. The normalized spacial score (nSPS) is 27.9. The summed E-state index contributed by atoms with van der Waals surface area (Å²) >= 11 is 0. The molecule has 4 fully saturated rings. The van der Waals surface area contributed by atoms with Gasteiger partial charge in [0.15, 0.2) is 12.4 Å². The topological polar surface area (TPSA) is 492 Å². The van der Waals surface area contributed by atoms with Crippen LogP contribution in [0.4, 0.5) is 4.79 Å². The van der Waals surface area contributed by atoms with Crippen molar-refractivity contribution in [1.82, 2.24) is 55.6 Å². The first-order chi connectivity index (χ1) is 67.2. The van der Waals surface area contributed by atoms with Crippen molar-refractivity contribution in [1.29, 1.82) is 0 Å². The Bertz CT molecular complexity index is 4530. The molecule has 0 aromatic carbocycles. The van der Waals surface area contributed by atoms with E-state index in [1.165, 1.54) is 89.7 Å². The lowest BCUT2D eigenvalue weighted by Gasteiger charge is -2.59. The maximum atomic E-state index is 16.1. The minimum atomic E-state index is -2.12. The van der Waals surface area contributed by atoms with Crippen LogP contribution >= 0.6 is 0 Å². The Labute approximate surface area is 852 Å². The molecule has 39 heteroatoms.